The summed E-state index contributed by atoms with van der Waals surface area (Å²) in [7, 11) is 1.45. The van der Waals surface area contributed by atoms with E-state index in [0.717, 1.165) is 11.8 Å². The van der Waals surface area contributed by atoms with Crippen LogP contribution in [0.3, 0.4) is 0 Å². The summed E-state index contributed by atoms with van der Waals surface area (Å²) in [4.78, 5) is 22.4. The Morgan fingerprint density at radius 3 is 2.50 bits per heavy atom. The van der Waals surface area contributed by atoms with Crippen LogP contribution in [0.25, 0.3) is 0 Å². The molecule has 0 aliphatic heterocycles. The molecule has 0 aromatic carbocycles. The number of amides is 2. The van der Waals surface area contributed by atoms with E-state index in [2.05, 4.69) is 10.6 Å². The van der Waals surface area contributed by atoms with Crippen LogP contribution in [0.4, 0.5) is 4.79 Å². The Morgan fingerprint density at radius 1 is 1.30 bits per heavy atom. The standard InChI is InChI=1S/C14H22N2O4/c1-20-9(5-10(17)18)6-15-14(19)16-13-11-7-2-3-8(4-7)12(11)13/h7-9,11-13H,2-6H2,1H3,(H,17,18)(H2,15,16,19). The zero-order valence-electron chi connectivity index (χ0n) is 11.7. The molecule has 3 rings (SSSR count). The molecule has 5 unspecified atom stereocenters. The quantitative estimate of drug-likeness (QED) is 0.673. The van der Waals surface area contributed by atoms with Gasteiger partial charge in [-0.05, 0) is 42.9 Å². The van der Waals surface area contributed by atoms with Crippen molar-refractivity contribution in [2.75, 3.05) is 13.7 Å². The topological polar surface area (TPSA) is 87.7 Å². The summed E-state index contributed by atoms with van der Waals surface area (Å²) in [5, 5.41) is 14.4. The number of carboxylic acid groups (broad SMARTS) is 1. The minimum atomic E-state index is -0.924. The number of hydrogen-bond donors (Lipinski definition) is 3. The monoisotopic (exact) mass is 282 g/mol. The van der Waals surface area contributed by atoms with E-state index in [1.807, 2.05) is 0 Å². The third kappa shape index (κ3) is 2.49. The molecule has 2 bridgehead atoms. The maximum Gasteiger partial charge on any atom is 0.315 e. The molecular formula is C14H22N2O4. The third-order valence-electron chi connectivity index (χ3n) is 5.26. The van der Waals surface area contributed by atoms with E-state index in [9.17, 15) is 9.59 Å². The fourth-order valence-electron chi connectivity index (χ4n) is 4.36. The first-order chi connectivity index (χ1) is 9.60. The Kier molecular flexibility index (Phi) is 3.58. The van der Waals surface area contributed by atoms with Gasteiger partial charge in [-0.3, -0.25) is 4.79 Å². The van der Waals surface area contributed by atoms with Gasteiger partial charge in [0.2, 0.25) is 0 Å². The molecule has 0 saturated heterocycles. The molecule has 2 amide bonds. The van der Waals surface area contributed by atoms with Gasteiger partial charge in [0.1, 0.15) is 0 Å². The van der Waals surface area contributed by atoms with Crippen molar-refractivity contribution in [2.24, 2.45) is 23.7 Å². The molecule has 0 aromatic rings. The molecule has 3 aliphatic carbocycles. The van der Waals surface area contributed by atoms with Crippen molar-refractivity contribution in [1.29, 1.82) is 0 Å². The molecule has 0 heterocycles. The molecule has 0 aromatic heterocycles. The lowest BCUT2D eigenvalue weighted by molar-refractivity contribution is -0.139. The van der Waals surface area contributed by atoms with Crippen LogP contribution in [-0.4, -0.2) is 42.9 Å². The van der Waals surface area contributed by atoms with Gasteiger partial charge in [0.25, 0.3) is 0 Å². The third-order valence-corrected chi connectivity index (χ3v) is 5.26. The lowest BCUT2D eigenvalue weighted by Gasteiger charge is -2.15. The Balaban J connectivity index is 1.39. The maximum absolute atomic E-state index is 11.8. The maximum atomic E-state index is 11.8. The summed E-state index contributed by atoms with van der Waals surface area (Å²) in [6, 6.07) is 0.151. The van der Waals surface area contributed by atoms with Crippen LogP contribution in [0.5, 0.6) is 0 Å². The number of urea groups is 1. The number of methoxy groups -OCH3 is 1. The zero-order chi connectivity index (χ0) is 14.3. The number of carbonyl (C=O) groups excluding carboxylic acids is 1. The molecule has 5 atom stereocenters. The fourth-order valence-corrected chi connectivity index (χ4v) is 4.36. The number of nitrogens with one attached hydrogen (secondary N) is 2. The Morgan fingerprint density at radius 2 is 1.95 bits per heavy atom. The average molecular weight is 282 g/mol. The van der Waals surface area contributed by atoms with Crippen LogP contribution in [0.15, 0.2) is 0 Å². The fraction of sp³-hybridized carbons (Fsp3) is 0.857. The highest BCUT2D eigenvalue weighted by atomic mass is 16.5. The lowest BCUT2D eigenvalue weighted by Crippen LogP contribution is -2.43. The molecule has 3 fully saturated rings. The highest BCUT2D eigenvalue weighted by Crippen LogP contribution is 2.65. The van der Waals surface area contributed by atoms with E-state index in [4.69, 9.17) is 9.84 Å². The van der Waals surface area contributed by atoms with E-state index >= 15 is 0 Å². The number of carbonyl (C=O) groups is 2. The van der Waals surface area contributed by atoms with Gasteiger partial charge < -0.3 is 20.5 Å². The smallest absolute Gasteiger partial charge is 0.315 e. The summed E-state index contributed by atoms with van der Waals surface area (Å²) in [5.74, 6) is 2.14. The Hall–Kier alpha value is -1.30. The second-order valence-electron chi connectivity index (χ2n) is 6.32. The largest absolute Gasteiger partial charge is 0.481 e. The SMILES string of the molecule is COC(CNC(=O)NC1C2C3CCC(C3)C12)CC(=O)O. The second kappa shape index (κ2) is 5.24. The van der Waals surface area contributed by atoms with E-state index in [1.165, 1.54) is 26.4 Å². The minimum absolute atomic E-state index is 0.102. The Labute approximate surface area is 118 Å². The minimum Gasteiger partial charge on any atom is -0.481 e. The van der Waals surface area contributed by atoms with Crippen molar-refractivity contribution in [3.63, 3.8) is 0 Å². The van der Waals surface area contributed by atoms with Crippen LogP contribution in [0.1, 0.15) is 25.7 Å². The molecule has 112 valence electrons. The summed E-state index contributed by atoms with van der Waals surface area (Å²) < 4.78 is 5.03. The van der Waals surface area contributed by atoms with Gasteiger partial charge >= 0.3 is 12.0 Å². The van der Waals surface area contributed by atoms with Crippen molar-refractivity contribution in [3.05, 3.63) is 0 Å². The molecule has 0 spiro atoms. The van der Waals surface area contributed by atoms with Gasteiger partial charge in [-0.1, -0.05) is 0 Å². The summed E-state index contributed by atoms with van der Waals surface area (Å²) in [6.45, 7) is 0.226. The number of hydrogen-bond acceptors (Lipinski definition) is 3. The van der Waals surface area contributed by atoms with Crippen LogP contribution < -0.4 is 10.6 Å². The molecule has 0 radical (unpaired) electrons. The molecule has 20 heavy (non-hydrogen) atoms. The van der Waals surface area contributed by atoms with Gasteiger partial charge in [-0.15, -0.1) is 0 Å². The summed E-state index contributed by atoms with van der Waals surface area (Å²) in [6.07, 6.45) is 3.44. The van der Waals surface area contributed by atoms with Crippen molar-refractivity contribution < 1.29 is 19.4 Å². The number of aliphatic carboxylic acids is 1. The first kappa shape index (κ1) is 13.7. The van der Waals surface area contributed by atoms with Gasteiger partial charge in [0, 0.05) is 19.7 Å². The van der Waals surface area contributed by atoms with E-state index in [1.54, 1.807) is 0 Å². The summed E-state index contributed by atoms with van der Waals surface area (Å²) in [5.41, 5.74) is 0. The first-order valence-electron chi connectivity index (χ1n) is 7.39. The van der Waals surface area contributed by atoms with Crippen molar-refractivity contribution in [3.8, 4) is 0 Å². The number of carboxylic acids is 1. The van der Waals surface area contributed by atoms with E-state index in [0.29, 0.717) is 17.9 Å². The van der Waals surface area contributed by atoms with Crippen molar-refractivity contribution in [2.45, 2.75) is 37.8 Å². The van der Waals surface area contributed by atoms with Gasteiger partial charge in [0.05, 0.1) is 12.5 Å². The highest BCUT2D eigenvalue weighted by Gasteiger charge is 2.65. The predicted molar refractivity (Wildman–Crippen MR) is 71.2 cm³/mol. The van der Waals surface area contributed by atoms with Crippen molar-refractivity contribution in [1.82, 2.24) is 10.6 Å². The zero-order valence-corrected chi connectivity index (χ0v) is 11.7. The van der Waals surface area contributed by atoms with E-state index < -0.39 is 12.1 Å². The Bertz CT molecular complexity index is 398. The average Bonchev–Trinajstić information content (AvgIpc) is 2.82. The lowest BCUT2D eigenvalue weighted by atomic mass is 10.0. The van der Waals surface area contributed by atoms with Gasteiger partial charge in [0.15, 0.2) is 0 Å². The van der Waals surface area contributed by atoms with Gasteiger partial charge in [-0.25, -0.2) is 4.79 Å². The van der Waals surface area contributed by atoms with Gasteiger partial charge in [-0.2, -0.15) is 0 Å². The molecule has 3 N–H and O–H groups in total. The van der Waals surface area contributed by atoms with E-state index in [-0.39, 0.29) is 19.0 Å². The molecule has 6 heteroatoms. The summed E-state index contributed by atoms with van der Waals surface area (Å²) >= 11 is 0. The van der Waals surface area contributed by atoms with Crippen LogP contribution >= 0.6 is 0 Å². The predicted octanol–water partition coefficient (Wildman–Crippen LogP) is 0.820. The van der Waals surface area contributed by atoms with Crippen molar-refractivity contribution >= 4 is 12.0 Å². The second-order valence-corrected chi connectivity index (χ2v) is 6.32. The van der Waals surface area contributed by atoms with Crippen LogP contribution in [0.2, 0.25) is 0 Å². The van der Waals surface area contributed by atoms with Crippen LogP contribution in [-0.2, 0) is 9.53 Å². The number of fused-ring (bicyclic) bond motifs is 5. The molecular weight excluding hydrogens is 260 g/mol. The molecule has 6 nitrogen and oxygen atoms in total. The first-order valence-corrected chi connectivity index (χ1v) is 7.39. The number of rotatable bonds is 6. The number of ether oxygens (including phenoxy) is 1. The molecule has 3 aliphatic rings. The normalized spacial score (nSPS) is 38.1. The highest BCUT2D eigenvalue weighted by molar-refractivity contribution is 5.75. The molecule has 3 saturated carbocycles. The van der Waals surface area contributed by atoms with Crippen LogP contribution in [0, 0.1) is 23.7 Å².